The standard InChI is InChI=1S/C12H15F3N2O2/c1-8(12(13,14)15)19-7-10-4-2-9(3-5-10)6-11(18)17-16/h2-5,8H,6-7,16H2,1H3,(H,17,18). The van der Waals surface area contributed by atoms with Crippen molar-refractivity contribution in [2.24, 2.45) is 5.84 Å². The number of halogens is 3. The Hall–Kier alpha value is -1.60. The molecule has 1 aromatic carbocycles. The first kappa shape index (κ1) is 15.5. The quantitative estimate of drug-likeness (QED) is 0.488. The molecule has 0 aliphatic carbocycles. The Balaban J connectivity index is 2.51. The molecule has 0 fully saturated rings. The zero-order valence-corrected chi connectivity index (χ0v) is 10.3. The fourth-order valence-electron chi connectivity index (χ4n) is 1.31. The number of amides is 1. The summed E-state index contributed by atoms with van der Waals surface area (Å²) in [5, 5.41) is 0. The lowest BCUT2D eigenvalue weighted by molar-refractivity contribution is -0.217. The van der Waals surface area contributed by atoms with E-state index in [1.165, 1.54) is 0 Å². The van der Waals surface area contributed by atoms with Crippen molar-refractivity contribution in [3.63, 3.8) is 0 Å². The van der Waals surface area contributed by atoms with Crippen LogP contribution in [0.1, 0.15) is 18.1 Å². The molecular formula is C12H15F3N2O2. The Bertz CT molecular complexity index is 418. The van der Waals surface area contributed by atoms with Crippen molar-refractivity contribution in [1.29, 1.82) is 0 Å². The van der Waals surface area contributed by atoms with E-state index in [2.05, 4.69) is 0 Å². The summed E-state index contributed by atoms with van der Waals surface area (Å²) in [5.74, 6) is 4.61. The molecule has 106 valence electrons. The molecule has 0 aliphatic rings. The number of nitrogens with one attached hydrogen (secondary N) is 1. The van der Waals surface area contributed by atoms with Gasteiger partial charge in [-0.1, -0.05) is 24.3 Å². The Morgan fingerprint density at radius 2 is 1.84 bits per heavy atom. The van der Waals surface area contributed by atoms with Crippen molar-refractivity contribution in [2.45, 2.75) is 32.2 Å². The molecule has 19 heavy (non-hydrogen) atoms. The molecule has 0 bridgehead atoms. The molecule has 0 saturated heterocycles. The first-order valence-corrected chi connectivity index (χ1v) is 5.58. The van der Waals surface area contributed by atoms with Gasteiger partial charge in [0.15, 0.2) is 6.10 Å². The minimum atomic E-state index is -4.36. The van der Waals surface area contributed by atoms with Gasteiger partial charge in [-0.05, 0) is 18.1 Å². The monoisotopic (exact) mass is 276 g/mol. The van der Waals surface area contributed by atoms with Crippen LogP contribution < -0.4 is 11.3 Å². The van der Waals surface area contributed by atoms with Crippen molar-refractivity contribution < 1.29 is 22.7 Å². The number of rotatable bonds is 5. The van der Waals surface area contributed by atoms with Crippen LogP contribution in [0.3, 0.4) is 0 Å². The second-order valence-electron chi connectivity index (χ2n) is 4.06. The summed E-state index contributed by atoms with van der Waals surface area (Å²) >= 11 is 0. The molecule has 0 aliphatic heterocycles. The van der Waals surface area contributed by atoms with Crippen LogP contribution in [0.5, 0.6) is 0 Å². The number of hydrogen-bond acceptors (Lipinski definition) is 3. The first-order valence-electron chi connectivity index (χ1n) is 5.58. The van der Waals surface area contributed by atoms with Gasteiger partial charge >= 0.3 is 6.18 Å². The average Bonchev–Trinajstić information content (AvgIpc) is 2.36. The predicted molar refractivity (Wildman–Crippen MR) is 62.8 cm³/mol. The number of hydrogen-bond donors (Lipinski definition) is 2. The van der Waals surface area contributed by atoms with Crippen LogP contribution >= 0.6 is 0 Å². The Morgan fingerprint density at radius 1 is 1.32 bits per heavy atom. The maximum atomic E-state index is 12.2. The van der Waals surface area contributed by atoms with Crippen LogP contribution in [0.2, 0.25) is 0 Å². The van der Waals surface area contributed by atoms with Gasteiger partial charge in [-0.2, -0.15) is 13.2 Å². The van der Waals surface area contributed by atoms with E-state index in [9.17, 15) is 18.0 Å². The van der Waals surface area contributed by atoms with E-state index in [1.54, 1.807) is 24.3 Å². The number of hydrazine groups is 1. The van der Waals surface area contributed by atoms with Crippen LogP contribution in [-0.2, 0) is 22.6 Å². The molecule has 3 N–H and O–H groups in total. The summed E-state index contributed by atoms with van der Waals surface area (Å²) in [4.78, 5) is 11.0. The third-order valence-corrected chi connectivity index (χ3v) is 2.51. The van der Waals surface area contributed by atoms with E-state index in [4.69, 9.17) is 10.6 Å². The van der Waals surface area contributed by atoms with Crippen LogP contribution in [0.15, 0.2) is 24.3 Å². The summed E-state index contributed by atoms with van der Waals surface area (Å²) in [6.45, 7) is 0.823. The number of benzene rings is 1. The zero-order chi connectivity index (χ0) is 14.5. The molecule has 0 radical (unpaired) electrons. The Labute approximate surface area is 108 Å². The number of nitrogens with two attached hydrogens (primary N) is 1. The SMILES string of the molecule is CC(OCc1ccc(CC(=O)NN)cc1)C(F)(F)F. The number of alkyl halides is 3. The lowest BCUT2D eigenvalue weighted by atomic mass is 10.1. The first-order chi connectivity index (χ1) is 8.82. The van der Waals surface area contributed by atoms with E-state index in [0.29, 0.717) is 5.56 Å². The van der Waals surface area contributed by atoms with Crippen molar-refractivity contribution >= 4 is 5.91 Å². The van der Waals surface area contributed by atoms with E-state index in [-0.39, 0.29) is 18.9 Å². The Kier molecular flexibility index (Phi) is 5.31. The van der Waals surface area contributed by atoms with Gasteiger partial charge in [0, 0.05) is 0 Å². The van der Waals surface area contributed by atoms with Crippen LogP contribution in [-0.4, -0.2) is 18.2 Å². The van der Waals surface area contributed by atoms with Gasteiger partial charge in [-0.15, -0.1) is 0 Å². The largest absolute Gasteiger partial charge is 0.414 e. The van der Waals surface area contributed by atoms with Crippen molar-refractivity contribution in [3.05, 3.63) is 35.4 Å². The highest BCUT2D eigenvalue weighted by Crippen LogP contribution is 2.23. The molecule has 0 spiro atoms. The van der Waals surface area contributed by atoms with E-state index in [0.717, 1.165) is 12.5 Å². The minimum absolute atomic E-state index is 0.122. The molecule has 4 nitrogen and oxygen atoms in total. The smallest absolute Gasteiger partial charge is 0.364 e. The van der Waals surface area contributed by atoms with Crippen molar-refractivity contribution in [1.82, 2.24) is 5.43 Å². The molecule has 0 heterocycles. The normalized spacial score (nSPS) is 13.1. The van der Waals surface area contributed by atoms with Crippen molar-refractivity contribution in [2.75, 3.05) is 0 Å². The summed E-state index contributed by atoms with van der Waals surface area (Å²) in [6, 6.07) is 6.52. The van der Waals surface area contributed by atoms with E-state index >= 15 is 0 Å². The number of carbonyl (C=O) groups excluding carboxylic acids is 1. The number of carbonyl (C=O) groups is 1. The topological polar surface area (TPSA) is 64.3 Å². The highest BCUT2D eigenvalue weighted by molar-refractivity contribution is 5.77. The maximum absolute atomic E-state index is 12.2. The molecule has 1 rings (SSSR count). The molecule has 1 amide bonds. The molecule has 0 aromatic heterocycles. The molecular weight excluding hydrogens is 261 g/mol. The zero-order valence-electron chi connectivity index (χ0n) is 10.3. The van der Waals surface area contributed by atoms with Crippen molar-refractivity contribution in [3.8, 4) is 0 Å². The highest BCUT2D eigenvalue weighted by atomic mass is 19.4. The minimum Gasteiger partial charge on any atom is -0.364 e. The molecule has 1 aromatic rings. The lowest BCUT2D eigenvalue weighted by Crippen LogP contribution is -2.31. The van der Waals surface area contributed by atoms with Gasteiger partial charge in [-0.25, -0.2) is 5.84 Å². The van der Waals surface area contributed by atoms with E-state index in [1.807, 2.05) is 5.43 Å². The van der Waals surface area contributed by atoms with Crippen LogP contribution in [0, 0.1) is 0 Å². The highest BCUT2D eigenvalue weighted by Gasteiger charge is 2.36. The third kappa shape index (κ3) is 5.27. The van der Waals surface area contributed by atoms with Gasteiger partial charge in [0.1, 0.15) is 0 Å². The van der Waals surface area contributed by atoms with Gasteiger partial charge in [-0.3, -0.25) is 10.2 Å². The Morgan fingerprint density at radius 3 is 2.32 bits per heavy atom. The van der Waals surface area contributed by atoms with Gasteiger partial charge in [0.25, 0.3) is 0 Å². The van der Waals surface area contributed by atoms with Gasteiger partial charge in [0.05, 0.1) is 13.0 Å². The molecule has 1 atom stereocenters. The summed E-state index contributed by atoms with van der Waals surface area (Å²) in [6.07, 6.45) is -6.05. The summed E-state index contributed by atoms with van der Waals surface area (Å²) in [5.41, 5.74) is 3.32. The van der Waals surface area contributed by atoms with Gasteiger partial charge < -0.3 is 4.74 Å². The summed E-state index contributed by atoms with van der Waals surface area (Å²) < 4.78 is 41.4. The molecule has 0 saturated carbocycles. The lowest BCUT2D eigenvalue weighted by Gasteiger charge is -2.16. The molecule has 7 heteroatoms. The van der Waals surface area contributed by atoms with Crippen LogP contribution in [0.25, 0.3) is 0 Å². The maximum Gasteiger partial charge on any atom is 0.414 e. The van der Waals surface area contributed by atoms with E-state index < -0.39 is 12.3 Å². The van der Waals surface area contributed by atoms with Gasteiger partial charge in [0.2, 0.25) is 5.91 Å². The fraction of sp³-hybridized carbons (Fsp3) is 0.417. The second kappa shape index (κ2) is 6.53. The fourth-order valence-corrected chi connectivity index (χ4v) is 1.31. The number of ether oxygens (including phenoxy) is 1. The third-order valence-electron chi connectivity index (χ3n) is 2.51. The second-order valence-corrected chi connectivity index (χ2v) is 4.06. The molecule has 1 unspecified atom stereocenters. The summed E-state index contributed by atoms with van der Waals surface area (Å²) in [7, 11) is 0. The average molecular weight is 276 g/mol. The predicted octanol–water partition coefficient (Wildman–Crippen LogP) is 1.69. The van der Waals surface area contributed by atoms with Crippen LogP contribution in [0.4, 0.5) is 13.2 Å².